The zero-order chi connectivity index (χ0) is 33.4. The molecule has 1 amide bonds. The maximum Gasteiger partial charge on any atom is 0.305 e. The molecule has 0 aliphatic heterocycles. The Balaban J connectivity index is 1.85. The van der Waals surface area contributed by atoms with Crippen LogP contribution >= 0.6 is 0 Å². The van der Waals surface area contributed by atoms with E-state index in [1.807, 2.05) is 54.8 Å². The topological polar surface area (TPSA) is 130 Å². The van der Waals surface area contributed by atoms with E-state index in [1.165, 1.54) is 12.1 Å². The summed E-state index contributed by atoms with van der Waals surface area (Å²) in [7, 11) is 3.11. The number of carboxylic acids is 1. The molecule has 1 aromatic heterocycles. The Bertz CT molecular complexity index is 1630. The lowest BCUT2D eigenvalue weighted by atomic mass is 9.92. The first-order chi connectivity index (χ1) is 22.0. The molecule has 0 radical (unpaired) electrons. The summed E-state index contributed by atoms with van der Waals surface area (Å²) >= 11 is 0. The predicted molar refractivity (Wildman–Crippen MR) is 174 cm³/mol. The van der Waals surface area contributed by atoms with Crippen molar-refractivity contribution in [3.8, 4) is 33.8 Å². The Morgan fingerprint density at radius 2 is 1.57 bits per heavy atom. The van der Waals surface area contributed by atoms with E-state index >= 15 is 0 Å². The van der Waals surface area contributed by atoms with Crippen LogP contribution < -0.4 is 14.8 Å². The van der Waals surface area contributed by atoms with Crippen molar-refractivity contribution in [2.24, 2.45) is 0 Å². The molecular weight excluding hydrogens is 591 g/mol. The second-order valence-electron chi connectivity index (χ2n) is 11.4. The van der Waals surface area contributed by atoms with Gasteiger partial charge < -0.3 is 34.7 Å². The summed E-state index contributed by atoms with van der Waals surface area (Å²) in [6, 6.07) is 20.7. The summed E-state index contributed by atoms with van der Waals surface area (Å²) in [4.78, 5) is 25.3. The number of ether oxygens (including phenoxy) is 2. The first-order valence-electron chi connectivity index (χ1n) is 15.2. The third kappa shape index (κ3) is 8.13. The van der Waals surface area contributed by atoms with Crippen LogP contribution in [0.15, 0.2) is 72.8 Å². The number of aliphatic carboxylic acids is 1. The molecule has 0 fully saturated rings. The molecule has 0 aliphatic carbocycles. The molecule has 0 saturated heterocycles. The van der Waals surface area contributed by atoms with Crippen molar-refractivity contribution in [2.75, 3.05) is 14.2 Å². The summed E-state index contributed by atoms with van der Waals surface area (Å²) < 4.78 is 26.9. The van der Waals surface area contributed by atoms with Gasteiger partial charge in [-0.05, 0) is 68.5 Å². The summed E-state index contributed by atoms with van der Waals surface area (Å²) in [6.45, 7) is 4.09. The number of nitrogens with zero attached hydrogens (tertiary/aromatic N) is 1. The number of methoxy groups -OCH3 is 2. The van der Waals surface area contributed by atoms with E-state index in [0.29, 0.717) is 34.7 Å². The molecule has 0 spiro atoms. The number of hydrogen-bond acceptors (Lipinski definition) is 6. The SMILES string of the molecule is COc1ccc(CNC(=O)c2c(-c3ccccc3)c(-c3ccc(F)cc3)c(CCC(O)CC(O)CC(=O)O)n2C(C)C)c(OC)c1. The Morgan fingerprint density at radius 3 is 2.17 bits per heavy atom. The third-order valence-corrected chi connectivity index (χ3v) is 7.84. The Labute approximate surface area is 268 Å². The first kappa shape index (κ1) is 34.2. The number of benzene rings is 3. The highest BCUT2D eigenvalue weighted by Gasteiger charge is 2.30. The van der Waals surface area contributed by atoms with E-state index in [1.54, 1.807) is 38.5 Å². The van der Waals surface area contributed by atoms with Crippen LogP contribution in [0.1, 0.15) is 60.9 Å². The zero-order valence-corrected chi connectivity index (χ0v) is 26.5. The number of carbonyl (C=O) groups excluding carboxylic acids is 1. The molecule has 9 nitrogen and oxygen atoms in total. The summed E-state index contributed by atoms with van der Waals surface area (Å²) in [5.41, 5.74) is 4.78. The van der Waals surface area contributed by atoms with Gasteiger partial charge in [0, 0.05) is 41.0 Å². The van der Waals surface area contributed by atoms with Crippen LogP contribution in [0.3, 0.4) is 0 Å². The fourth-order valence-electron chi connectivity index (χ4n) is 5.77. The Hall–Kier alpha value is -4.67. The number of halogens is 1. The van der Waals surface area contributed by atoms with Gasteiger partial charge in [-0.2, -0.15) is 0 Å². The summed E-state index contributed by atoms with van der Waals surface area (Å²) in [6.07, 6.45) is -2.28. The van der Waals surface area contributed by atoms with Crippen LogP contribution in [0.2, 0.25) is 0 Å². The average molecular weight is 633 g/mol. The molecule has 4 rings (SSSR count). The van der Waals surface area contributed by atoms with Crippen molar-refractivity contribution in [3.63, 3.8) is 0 Å². The zero-order valence-electron chi connectivity index (χ0n) is 26.5. The second kappa shape index (κ2) is 15.6. The molecule has 0 saturated carbocycles. The smallest absolute Gasteiger partial charge is 0.305 e. The largest absolute Gasteiger partial charge is 0.497 e. The Kier molecular flexibility index (Phi) is 11.6. The number of aromatic nitrogens is 1. The standard InChI is InChI=1S/C36H41FN2O7/c1-22(2)39-30(17-15-27(40)18-28(41)19-32(42)43)33(24-10-13-26(37)14-11-24)34(23-8-6-5-7-9-23)35(39)36(44)38-21-25-12-16-29(45-3)20-31(25)46-4/h5-14,16,20,22,27-28,40-41H,15,17-19,21H2,1-4H3,(H,38,44)(H,42,43). The molecule has 4 aromatic rings. The lowest BCUT2D eigenvalue weighted by Gasteiger charge is -2.20. The summed E-state index contributed by atoms with van der Waals surface area (Å²) in [5, 5.41) is 33.0. The normalized spacial score (nSPS) is 12.5. The minimum Gasteiger partial charge on any atom is -0.497 e. The Morgan fingerprint density at radius 1 is 0.891 bits per heavy atom. The van der Waals surface area contributed by atoms with Gasteiger partial charge in [0.1, 0.15) is 23.0 Å². The van der Waals surface area contributed by atoms with E-state index in [9.17, 15) is 24.2 Å². The van der Waals surface area contributed by atoms with Crippen LogP contribution in [-0.2, 0) is 17.8 Å². The van der Waals surface area contributed by atoms with E-state index in [2.05, 4.69) is 5.32 Å². The van der Waals surface area contributed by atoms with Gasteiger partial charge in [-0.3, -0.25) is 9.59 Å². The number of aliphatic hydroxyl groups is 2. The monoisotopic (exact) mass is 632 g/mol. The fraction of sp³-hybridized carbons (Fsp3) is 0.333. The van der Waals surface area contributed by atoms with E-state index in [-0.39, 0.29) is 31.3 Å². The van der Waals surface area contributed by atoms with E-state index in [0.717, 1.165) is 22.4 Å². The van der Waals surface area contributed by atoms with E-state index in [4.69, 9.17) is 14.6 Å². The number of amides is 1. The van der Waals surface area contributed by atoms with Gasteiger partial charge in [-0.1, -0.05) is 42.5 Å². The van der Waals surface area contributed by atoms with Gasteiger partial charge in [0.15, 0.2) is 0 Å². The third-order valence-electron chi connectivity index (χ3n) is 7.84. The number of hydrogen-bond donors (Lipinski definition) is 4. The van der Waals surface area contributed by atoms with Gasteiger partial charge in [-0.15, -0.1) is 0 Å². The molecular formula is C36H41FN2O7. The van der Waals surface area contributed by atoms with Crippen molar-refractivity contribution in [1.29, 1.82) is 0 Å². The van der Waals surface area contributed by atoms with Crippen LogP contribution in [0.25, 0.3) is 22.3 Å². The van der Waals surface area contributed by atoms with Crippen molar-refractivity contribution >= 4 is 11.9 Å². The predicted octanol–water partition coefficient (Wildman–Crippen LogP) is 6.01. The van der Waals surface area contributed by atoms with Gasteiger partial charge in [0.2, 0.25) is 0 Å². The number of nitrogens with one attached hydrogen (secondary N) is 1. The number of rotatable bonds is 15. The fourth-order valence-corrected chi connectivity index (χ4v) is 5.77. The molecule has 3 aromatic carbocycles. The molecule has 2 atom stereocenters. The highest BCUT2D eigenvalue weighted by Crippen LogP contribution is 2.42. The van der Waals surface area contributed by atoms with Crippen LogP contribution in [0.4, 0.5) is 4.39 Å². The van der Waals surface area contributed by atoms with Gasteiger partial charge >= 0.3 is 5.97 Å². The molecule has 46 heavy (non-hydrogen) atoms. The highest BCUT2D eigenvalue weighted by atomic mass is 19.1. The molecule has 10 heteroatoms. The quantitative estimate of drug-likeness (QED) is 0.126. The molecule has 2 unspecified atom stereocenters. The van der Waals surface area contributed by atoms with E-state index < -0.39 is 30.4 Å². The van der Waals surface area contributed by atoms with Crippen LogP contribution in [-0.4, -0.2) is 58.2 Å². The average Bonchev–Trinajstić information content (AvgIpc) is 3.38. The van der Waals surface area contributed by atoms with Gasteiger partial charge in [-0.25, -0.2) is 4.39 Å². The van der Waals surface area contributed by atoms with Crippen molar-refractivity contribution in [3.05, 3.63) is 95.6 Å². The van der Waals surface area contributed by atoms with Gasteiger partial charge in [0.25, 0.3) is 5.91 Å². The molecule has 244 valence electrons. The maximum atomic E-state index is 14.3. The number of carbonyl (C=O) groups is 2. The molecule has 1 heterocycles. The minimum absolute atomic E-state index is 0.108. The lowest BCUT2D eigenvalue weighted by molar-refractivity contribution is -0.139. The first-order valence-corrected chi connectivity index (χ1v) is 15.2. The summed E-state index contributed by atoms with van der Waals surface area (Å²) in [5.74, 6) is -0.698. The van der Waals surface area contributed by atoms with Crippen molar-refractivity contribution in [2.45, 2.75) is 64.3 Å². The molecule has 4 N–H and O–H groups in total. The van der Waals surface area contributed by atoms with Crippen molar-refractivity contribution < 1.29 is 38.8 Å². The molecule has 0 aliphatic rings. The number of aliphatic hydroxyl groups excluding tert-OH is 2. The second-order valence-corrected chi connectivity index (χ2v) is 11.4. The molecule has 0 bridgehead atoms. The number of carboxylic acid groups (broad SMARTS) is 1. The maximum absolute atomic E-state index is 14.3. The lowest BCUT2D eigenvalue weighted by Crippen LogP contribution is -2.27. The minimum atomic E-state index is -1.20. The van der Waals surface area contributed by atoms with Crippen LogP contribution in [0, 0.1) is 5.82 Å². The highest BCUT2D eigenvalue weighted by molar-refractivity contribution is 6.05. The van der Waals surface area contributed by atoms with Crippen molar-refractivity contribution in [1.82, 2.24) is 9.88 Å². The van der Waals surface area contributed by atoms with Crippen LogP contribution in [0.5, 0.6) is 11.5 Å². The van der Waals surface area contributed by atoms with Gasteiger partial charge in [0.05, 0.1) is 32.8 Å².